The van der Waals surface area contributed by atoms with Gasteiger partial charge in [0.2, 0.25) is 0 Å². The molecule has 1 N–H and O–H groups in total. The SMILES string of the molecule is OC1CCCC1C1CCCN1CCc1ccsc1. The second kappa shape index (κ2) is 5.72. The summed E-state index contributed by atoms with van der Waals surface area (Å²) in [6.45, 7) is 2.41. The molecule has 18 heavy (non-hydrogen) atoms. The fraction of sp³-hybridized carbons (Fsp3) is 0.733. The van der Waals surface area contributed by atoms with Gasteiger partial charge in [-0.3, -0.25) is 4.90 Å². The summed E-state index contributed by atoms with van der Waals surface area (Å²) in [5.41, 5.74) is 1.47. The van der Waals surface area contributed by atoms with Crippen molar-refractivity contribution >= 4 is 11.3 Å². The first kappa shape index (κ1) is 12.6. The molecule has 0 bridgehead atoms. The molecule has 2 fully saturated rings. The monoisotopic (exact) mass is 265 g/mol. The number of likely N-dealkylation sites (tertiary alicyclic amines) is 1. The van der Waals surface area contributed by atoms with E-state index in [2.05, 4.69) is 21.7 Å². The minimum absolute atomic E-state index is 0.0308. The molecule has 3 rings (SSSR count). The molecule has 3 atom stereocenters. The van der Waals surface area contributed by atoms with E-state index in [4.69, 9.17) is 0 Å². The zero-order chi connectivity index (χ0) is 12.4. The minimum atomic E-state index is -0.0308. The van der Waals surface area contributed by atoms with E-state index < -0.39 is 0 Å². The summed E-state index contributed by atoms with van der Waals surface area (Å²) in [6, 6.07) is 2.89. The number of hydrogen-bond donors (Lipinski definition) is 1. The van der Waals surface area contributed by atoms with Crippen molar-refractivity contribution in [2.45, 2.75) is 50.7 Å². The van der Waals surface area contributed by atoms with Crippen LogP contribution in [0.2, 0.25) is 0 Å². The summed E-state index contributed by atoms with van der Waals surface area (Å²) >= 11 is 1.79. The molecule has 2 nitrogen and oxygen atoms in total. The number of thiophene rings is 1. The van der Waals surface area contributed by atoms with Crippen molar-refractivity contribution in [3.05, 3.63) is 22.4 Å². The average molecular weight is 265 g/mol. The number of nitrogens with zero attached hydrogens (tertiary/aromatic N) is 1. The van der Waals surface area contributed by atoms with Crippen LogP contribution in [0.15, 0.2) is 16.8 Å². The Hall–Kier alpha value is -0.380. The molecule has 3 unspecified atom stereocenters. The molecule has 0 spiro atoms. The van der Waals surface area contributed by atoms with Gasteiger partial charge in [-0.25, -0.2) is 0 Å². The van der Waals surface area contributed by atoms with Gasteiger partial charge >= 0.3 is 0 Å². The topological polar surface area (TPSA) is 23.5 Å². The van der Waals surface area contributed by atoms with Crippen LogP contribution in [0, 0.1) is 5.92 Å². The van der Waals surface area contributed by atoms with Crippen molar-refractivity contribution in [1.82, 2.24) is 4.90 Å². The third-order valence-corrected chi connectivity index (χ3v) is 5.44. The maximum absolute atomic E-state index is 10.1. The van der Waals surface area contributed by atoms with Crippen molar-refractivity contribution in [3.63, 3.8) is 0 Å². The van der Waals surface area contributed by atoms with E-state index in [9.17, 15) is 5.11 Å². The first-order chi connectivity index (χ1) is 8.84. The van der Waals surface area contributed by atoms with E-state index in [1.54, 1.807) is 11.3 Å². The Kier molecular flexibility index (Phi) is 4.02. The molecule has 1 aliphatic heterocycles. The highest BCUT2D eigenvalue weighted by Gasteiger charge is 2.37. The highest BCUT2D eigenvalue weighted by molar-refractivity contribution is 7.07. The lowest BCUT2D eigenvalue weighted by Crippen LogP contribution is -2.39. The van der Waals surface area contributed by atoms with Crippen LogP contribution in [0.25, 0.3) is 0 Å². The van der Waals surface area contributed by atoms with Crippen LogP contribution < -0.4 is 0 Å². The van der Waals surface area contributed by atoms with Crippen LogP contribution in [-0.2, 0) is 6.42 Å². The molecule has 0 amide bonds. The summed E-state index contributed by atoms with van der Waals surface area (Å²) in [6.07, 6.45) is 7.24. The molecule has 1 aromatic rings. The molecular weight excluding hydrogens is 242 g/mol. The predicted molar refractivity (Wildman–Crippen MR) is 76.0 cm³/mol. The lowest BCUT2D eigenvalue weighted by Gasteiger charge is -2.31. The quantitative estimate of drug-likeness (QED) is 0.905. The normalized spacial score (nSPS) is 33.3. The van der Waals surface area contributed by atoms with Crippen LogP contribution in [0.3, 0.4) is 0 Å². The van der Waals surface area contributed by atoms with Crippen LogP contribution in [-0.4, -0.2) is 35.2 Å². The Morgan fingerprint density at radius 3 is 2.94 bits per heavy atom. The molecule has 1 saturated carbocycles. The number of hydrogen-bond acceptors (Lipinski definition) is 3. The molecule has 100 valence electrons. The number of aliphatic hydroxyl groups is 1. The summed E-state index contributed by atoms with van der Waals surface area (Å²) in [5.74, 6) is 0.551. The van der Waals surface area contributed by atoms with Gasteiger partial charge in [0.1, 0.15) is 0 Å². The van der Waals surface area contributed by atoms with Crippen molar-refractivity contribution in [1.29, 1.82) is 0 Å². The molecule has 1 saturated heterocycles. The maximum Gasteiger partial charge on any atom is 0.0583 e. The highest BCUT2D eigenvalue weighted by atomic mass is 32.1. The Labute approximate surface area is 114 Å². The largest absolute Gasteiger partial charge is 0.393 e. The molecule has 1 aliphatic carbocycles. The summed E-state index contributed by atoms with van der Waals surface area (Å²) in [7, 11) is 0. The third kappa shape index (κ3) is 2.63. The average Bonchev–Trinajstić information content (AvgIpc) is 3.06. The highest BCUT2D eigenvalue weighted by Crippen LogP contribution is 2.35. The Morgan fingerprint density at radius 2 is 2.22 bits per heavy atom. The molecule has 3 heteroatoms. The van der Waals surface area contributed by atoms with Crippen molar-refractivity contribution in [3.8, 4) is 0 Å². The summed E-state index contributed by atoms with van der Waals surface area (Å²) in [5, 5.41) is 14.5. The van der Waals surface area contributed by atoms with Gasteiger partial charge in [0, 0.05) is 18.5 Å². The Bertz CT molecular complexity index is 365. The maximum atomic E-state index is 10.1. The van der Waals surface area contributed by atoms with E-state index in [-0.39, 0.29) is 6.10 Å². The van der Waals surface area contributed by atoms with E-state index in [0.29, 0.717) is 12.0 Å². The molecule has 0 radical (unpaired) electrons. The molecule has 2 aliphatic rings. The van der Waals surface area contributed by atoms with Gasteiger partial charge in [0.15, 0.2) is 0 Å². The van der Waals surface area contributed by atoms with Gasteiger partial charge in [-0.2, -0.15) is 11.3 Å². The van der Waals surface area contributed by atoms with Gasteiger partial charge in [0.05, 0.1) is 6.10 Å². The fourth-order valence-corrected chi connectivity index (χ4v) is 4.44. The van der Waals surface area contributed by atoms with Crippen LogP contribution in [0.1, 0.15) is 37.7 Å². The van der Waals surface area contributed by atoms with E-state index in [0.717, 1.165) is 6.42 Å². The van der Waals surface area contributed by atoms with Gasteiger partial charge < -0.3 is 5.11 Å². The smallest absolute Gasteiger partial charge is 0.0583 e. The number of rotatable bonds is 4. The summed E-state index contributed by atoms with van der Waals surface area (Å²) < 4.78 is 0. The van der Waals surface area contributed by atoms with Crippen molar-refractivity contribution in [2.75, 3.05) is 13.1 Å². The first-order valence-electron chi connectivity index (χ1n) is 7.28. The zero-order valence-electron chi connectivity index (χ0n) is 10.9. The number of aliphatic hydroxyl groups excluding tert-OH is 1. The van der Waals surface area contributed by atoms with Crippen molar-refractivity contribution < 1.29 is 5.11 Å². The van der Waals surface area contributed by atoms with E-state index in [1.807, 2.05) is 0 Å². The van der Waals surface area contributed by atoms with E-state index >= 15 is 0 Å². The molecule has 1 aromatic heterocycles. The third-order valence-electron chi connectivity index (χ3n) is 4.71. The molecular formula is C15H23NOS. The van der Waals surface area contributed by atoms with Crippen molar-refractivity contribution in [2.24, 2.45) is 5.92 Å². The van der Waals surface area contributed by atoms with E-state index in [1.165, 1.54) is 50.8 Å². The lowest BCUT2D eigenvalue weighted by atomic mass is 9.94. The summed E-state index contributed by atoms with van der Waals surface area (Å²) in [4.78, 5) is 2.64. The molecule has 2 heterocycles. The zero-order valence-corrected chi connectivity index (χ0v) is 11.7. The van der Waals surface area contributed by atoms with Gasteiger partial charge in [-0.15, -0.1) is 0 Å². The van der Waals surface area contributed by atoms with Gasteiger partial charge in [0.25, 0.3) is 0 Å². The lowest BCUT2D eigenvalue weighted by molar-refractivity contribution is 0.0751. The minimum Gasteiger partial charge on any atom is -0.393 e. The Morgan fingerprint density at radius 1 is 1.28 bits per heavy atom. The van der Waals surface area contributed by atoms with Gasteiger partial charge in [-0.1, -0.05) is 6.42 Å². The second-order valence-corrected chi connectivity index (χ2v) is 6.57. The van der Waals surface area contributed by atoms with Crippen LogP contribution in [0.4, 0.5) is 0 Å². The fourth-order valence-electron chi connectivity index (χ4n) is 3.74. The Balaban J connectivity index is 1.57. The first-order valence-corrected chi connectivity index (χ1v) is 8.22. The standard InChI is InChI=1S/C15H23NOS/c17-15-5-1-3-13(15)14-4-2-8-16(14)9-6-12-7-10-18-11-12/h7,10-11,13-15,17H,1-6,8-9H2. The predicted octanol–water partition coefficient (Wildman–Crippen LogP) is 2.92. The van der Waals surface area contributed by atoms with Gasteiger partial charge in [-0.05, 0) is 61.0 Å². The van der Waals surface area contributed by atoms with Crippen LogP contribution in [0.5, 0.6) is 0 Å². The molecule has 0 aromatic carbocycles. The second-order valence-electron chi connectivity index (χ2n) is 5.79. The van der Waals surface area contributed by atoms with Crippen LogP contribution >= 0.6 is 11.3 Å².